The molecule has 0 radical (unpaired) electrons. The Morgan fingerprint density at radius 3 is 1.36 bits per heavy atom. The zero-order valence-corrected chi connectivity index (χ0v) is 29.7. The van der Waals surface area contributed by atoms with Crippen molar-refractivity contribution in [3.05, 3.63) is 0 Å². The van der Waals surface area contributed by atoms with Crippen LogP contribution in [0.2, 0.25) is 0 Å². The maximum absolute atomic E-state index is 11.7. The summed E-state index contributed by atoms with van der Waals surface area (Å²) in [4.78, 5) is 44.8. The number of carbonyl (C=O) groups excluding carboxylic acids is 2. The van der Waals surface area contributed by atoms with Gasteiger partial charge in [0.05, 0.1) is 6.10 Å². The summed E-state index contributed by atoms with van der Waals surface area (Å²) in [6, 6.07) is -1.11. The van der Waals surface area contributed by atoms with E-state index in [1.807, 2.05) is 6.92 Å². The summed E-state index contributed by atoms with van der Waals surface area (Å²) in [5.74, 6) is -2.56. The van der Waals surface area contributed by atoms with Crippen LogP contribution in [0.3, 0.4) is 0 Å². The summed E-state index contributed by atoms with van der Waals surface area (Å²) in [7, 11) is 0. The molecular formula is C37H71NO7. The number of ether oxygens (including phenoxy) is 1. The van der Waals surface area contributed by atoms with E-state index in [1.165, 1.54) is 116 Å². The Labute approximate surface area is 276 Å². The zero-order valence-electron chi connectivity index (χ0n) is 29.7. The number of nitrogens with one attached hydrogen (secondary N) is 1. The third-order valence-electron chi connectivity index (χ3n) is 8.07. The molecule has 0 rings (SSSR count). The summed E-state index contributed by atoms with van der Waals surface area (Å²) in [6.07, 6.45) is 28.6. The standard InChI is InChI=1S/C20H40O2.C17H31NO5/c1-4-6-8-10-11-12-13-14-16-18-20(21)22-19(3)17-15-9-7-5-2;1-2-3-4-5-6-7-8-9-10-11-15(19)18-14(17(22)23)12-13-16(20)21/h19H,4-18H2,1-3H3;14H,2-13H2,1H3,(H,18,19)(H,20,21)(H,22,23). The molecule has 1 amide bonds. The second-order valence-corrected chi connectivity index (χ2v) is 12.7. The second-order valence-electron chi connectivity index (χ2n) is 12.7. The van der Waals surface area contributed by atoms with Crippen LogP contribution in [0.1, 0.15) is 201 Å². The number of carboxylic acid groups (broad SMARTS) is 2. The number of hydrogen-bond acceptors (Lipinski definition) is 5. The van der Waals surface area contributed by atoms with Gasteiger partial charge in [0, 0.05) is 19.3 Å². The van der Waals surface area contributed by atoms with E-state index in [-0.39, 0.29) is 30.8 Å². The first-order valence-corrected chi connectivity index (χ1v) is 18.6. The van der Waals surface area contributed by atoms with Crippen molar-refractivity contribution in [3.8, 4) is 0 Å². The molecule has 0 heterocycles. The Bertz CT molecular complexity index is 713. The van der Waals surface area contributed by atoms with Gasteiger partial charge in [-0.25, -0.2) is 4.79 Å². The first-order valence-electron chi connectivity index (χ1n) is 18.6. The molecule has 0 aromatic heterocycles. The van der Waals surface area contributed by atoms with E-state index in [0.717, 1.165) is 32.1 Å². The van der Waals surface area contributed by atoms with E-state index in [0.29, 0.717) is 12.8 Å². The number of carboxylic acids is 2. The fraction of sp³-hybridized carbons (Fsp3) is 0.892. The lowest BCUT2D eigenvalue weighted by Gasteiger charge is -2.13. The lowest BCUT2D eigenvalue weighted by molar-refractivity contribution is -0.148. The van der Waals surface area contributed by atoms with E-state index in [4.69, 9.17) is 14.9 Å². The third kappa shape index (κ3) is 36.2. The maximum Gasteiger partial charge on any atom is 0.326 e. The van der Waals surface area contributed by atoms with Gasteiger partial charge in [-0.2, -0.15) is 0 Å². The highest BCUT2D eigenvalue weighted by atomic mass is 16.5. The van der Waals surface area contributed by atoms with Gasteiger partial charge in [-0.1, -0.05) is 143 Å². The summed E-state index contributed by atoms with van der Waals surface area (Å²) < 4.78 is 5.46. The minimum atomic E-state index is -1.19. The molecule has 0 aliphatic heterocycles. The van der Waals surface area contributed by atoms with Crippen molar-refractivity contribution in [2.45, 2.75) is 213 Å². The highest BCUT2D eigenvalue weighted by molar-refractivity contribution is 5.83. The highest BCUT2D eigenvalue weighted by Gasteiger charge is 2.20. The number of carbonyl (C=O) groups is 4. The van der Waals surface area contributed by atoms with Crippen molar-refractivity contribution in [1.82, 2.24) is 5.32 Å². The number of esters is 1. The molecule has 2 unspecified atom stereocenters. The quantitative estimate of drug-likeness (QED) is 0.0507. The molecule has 8 heteroatoms. The average molecular weight is 642 g/mol. The first kappa shape index (κ1) is 45.0. The summed E-state index contributed by atoms with van der Waals surface area (Å²) >= 11 is 0. The van der Waals surface area contributed by atoms with Crippen molar-refractivity contribution < 1.29 is 34.1 Å². The van der Waals surface area contributed by atoms with E-state index < -0.39 is 18.0 Å². The number of unbranched alkanes of at least 4 members (excludes halogenated alkanes) is 19. The molecule has 266 valence electrons. The van der Waals surface area contributed by atoms with Crippen molar-refractivity contribution in [1.29, 1.82) is 0 Å². The van der Waals surface area contributed by atoms with Crippen molar-refractivity contribution in [3.63, 3.8) is 0 Å². The number of aliphatic carboxylic acids is 2. The van der Waals surface area contributed by atoms with Gasteiger partial charge in [0.2, 0.25) is 5.91 Å². The van der Waals surface area contributed by atoms with Gasteiger partial charge < -0.3 is 20.3 Å². The van der Waals surface area contributed by atoms with Crippen molar-refractivity contribution >= 4 is 23.8 Å². The lowest BCUT2D eigenvalue weighted by atomic mass is 10.1. The largest absolute Gasteiger partial charge is 0.481 e. The summed E-state index contributed by atoms with van der Waals surface area (Å²) in [6.45, 7) is 8.70. The van der Waals surface area contributed by atoms with Gasteiger partial charge >= 0.3 is 17.9 Å². The lowest BCUT2D eigenvalue weighted by Crippen LogP contribution is -2.41. The summed E-state index contributed by atoms with van der Waals surface area (Å²) in [5.41, 5.74) is 0. The van der Waals surface area contributed by atoms with E-state index in [2.05, 4.69) is 26.1 Å². The maximum atomic E-state index is 11.7. The van der Waals surface area contributed by atoms with Gasteiger partial charge in [-0.15, -0.1) is 0 Å². The Morgan fingerprint density at radius 1 is 0.533 bits per heavy atom. The van der Waals surface area contributed by atoms with Crippen molar-refractivity contribution in [2.24, 2.45) is 0 Å². The predicted octanol–water partition coefficient (Wildman–Crippen LogP) is 10.2. The molecule has 0 saturated carbocycles. The second kappa shape index (κ2) is 34.7. The molecule has 0 aromatic rings. The molecule has 0 aromatic carbocycles. The molecule has 8 nitrogen and oxygen atoms in total. The van der Waals surface area contributed by atoms with Crippen LogP contribution in [-0.4, -0.2) is 46.2 Å². The van der Waals surface area contributed by atoms with E-state index in [9.17, 15) is 19.2 Å². The van der Waals surface area contributed by atoms with Crippen LogP contribution in [0.25, 0.3) is 0 Å². The Hall–Kier alpha value is -2.12. The molecule has 0 saturated heterocycles. The Kier molecular flexibility index (Phi) is 34.8. The van der Waals surface area contributed by atoms with Crippen LogP contribution < -0.4 is 5.32 Å². The Balaban J connectivity index is 0. The van der Waals surface area contributed by atoms with Gasteiger partial charge in [0.1, 0.15) is 6.04 Å². The topological polar surface area (TPSA) is 130 Å². The summed E-state index contributed by atoms with van der Waals surface area (Å²) in [5, 5.41) is 19.9. The minimum Gasteiger partial charge on any atom is -0.481 e. The molecule has 45 heavy (non-hydrogen) atoms. The van der Waals surface area contributed by atoms with Crippen molar-refractivity contribution in [2.75, 3.05) is 0 Å². The number of hydrogen-bond donors (Lipinski definition) is 3. The van der Waals surface area contributed by atoms with Crippen LogP contribution in [0.15, 0.2) is 0 Å². The predicted molar refractivity (Wildman–Crippen MR) is 184 cm³/mol. The van der Waals surface area contributed by atoms with Crippen LogP contribution in [0.4, 0.5) is 0 Å². The van der Waals surface area contributed by atoms with E-state index >= 15 is 0 Å². The highest BCUT2D eigenvalue weighted by Crippen LogP contribution is 2.13. The minimum absolute atomic E-state index is 0.00550. The van der Waals surface area contributed by atoms with Gasteiger partial charge in [-0.05, 0) is 39.0 Å². The molecular weight excluding hydrogens is 570 g/mol. The normalized spacial score (nSPS) is 12.1. The molecule has 3 N–H and O–H groups in total. The molecule has 0 aliphatic carbocycles. The van der Waals surface area contributed by atoms with E-state index in [1.54, 1.807) is 0 Å². The molecule has 0 spiro atoms. The van der Waals surface area contributed by atoms with Gasteiger partial charge in [-0.3, -0.25) is 14.4 Å². The van der Waals surface area contributed by atoms with Gasteiger partial charge in [0.15, 0.2) is 0 Å². The number of amides is 1. The molecule has 2 atom stereocenters. The fourth-order valence-electron chi connectivity index (χ4n) is 5.17. The Morgan fingerprint density at radius 2 is 0.933 bits per heavy atom. The smallest absolute Gasteiger partial charge is 0.326 e. The SMILES string of the molecule is CCCCCCCCCCCC(=O)NC(CCC(=O)O)C(=O)O.CCCCCCCCCCCC(=O)OC(C)CCCCCC. The van der Waals surface area contributed by atoms with Crippen LogP contribution in [-0.2, 0) is 23.9 Å². The molecule has 0 bridgehead atoms. The molecule has 0 aliphatic rings. The zero-order chi connectivity index (χ0) is 34.0. The third-order valence-corrected chi connectivity index (χ3v) is 8.07. The average Bonchev–Trinajstić information content (AvgIpc) is 2.99. The van der Waals surface area contributed by atoms with Crippen LogP contribution >= 0.6 is 0 Å². The fourth-order valence-corrected chi connectivity index (χ4v) is 5.17. The first-order chi connectivity index (χ1) is 21.7. The molecule has 0 fully saturated rings. The monoisotopic (exact) mass is 642 g/mol. The van der Waals surface area contributed by atoms with Crippen LogP contribution in [0.5, 0.6) is 0 Å². The van der Waals surface area contributed by atoms with Gasteiger partial charge in [0.25, 0.3) is 0 Å². The number of rotatable bonds is 31. The van der Waals surface area contributed by atoms with Crippen LogP contribution in [0, 0.1) is 0 Å².